The first-order chi connectivity index (χ1) is 8.62. The molecule has 0 bridgehead atoms. The summed E-state index contributed by atoms with van der Waals surface area (Å²) in [6.07, 6.45) is -0.460. The number of carbonyl (C=O) groups is 1. The van der Waals surface area contributed by atoms with Gasteiger partial charge in [0, 0.05) is 6.54 Å². The Labute approximate surface area is 107 Å². The lowest BCUT2D eigenvalue weighted by Gasteiger charge is -2.16. The maximum absolute atomic E-state index is 11.0. The Morgan fingerprint density at radius 2 is 2.17 bits per heavy atom. The van der Waals surface area contributed by atoms with Crippen LogP contribution in [-0.4, -0.2) is 31.3 Å². The molecule has 0 aromatic heterocycles. The van der Waals surface area contributed by atoms with Crippen molar-refractivity contribution in [3.63, 3.8) is 0 Å². The highest BCUT2D eigenvalue weighted by atomic mass is 16.5. The molecule has 0 aliphatic carbocycles. The van der Waals surface area contributed by atoms with E-state index in [0.717, 1.165) is 5.56 Å². The molecular weight excluding hydrogens is 234 g/mol. The van der Waals surface area contributed by atoms with Crippen molar-refractivity contribution in [3.05, 3.63) is 23.8 Å². The fourth-order valence-corrected chi connectivity index (χ4v) is 1.59. The molecule has 0 saturated carbocycles. The van der Waals surface area contributed by atoms with E-state index in [4.69, 9.17) is 14.6 Å². The summed E-state index contributed by atoms with van der Waals surface area (Å²) in [5.74, 6) is 0.0209. The van der Waals surface area contributed by atoms with Gasteiger partial charge in [-0.15, -0.1) is 0 Å². The maximum atomic E-state index is 11.0. The van der Waals surface area contributed by atoms with Gasteiger partial charge >= 0.3 is 5.97 Å². The van der Waals surface area contributed by atoms with Gasteiger partial charge in [0.1, 0.15) is 0 Å². The molecular formula is C13H19NO4. The van der Waals surface area contributed by atoms with Crippen LogP contribution >= 0.6 is 0 Å². The van der Waals surface area contributed by atoms with Crippen LogP contribution in [0.4, 0.5) is 0 Å². The minimum absolute atomic E-state index is 0.398. The molecule has 18 heavy (non-hydrogen) atoms. The second kappa shape index (κ2) is 6.86. The second-order valence-electron chi connectivity index (χ2n) is 3.87. The van der Waals surface area contributed by atoms with Crippen molar-refractivity contribution in [2.75, 3.05) is 14.2 Å². The first-order valence-corrected chi connectivity index (χ1v) is 5.83. The topological polar surface area (TPSA) is 67.8 Å². The van der Waals surface area contributed by atoms with E-state index < -0.39 is 12.1 Å². The fraction of sp³-hybridized carbons (Fsp3) is 0.462. The minimum atomic E-state index is -0.974. The number of ether oxygens (including phenoxy) is 2. The zero-order valence-corrected chi connectivity index (χ0v) is 10.9. The molecule has 2 N–H and O–H groups in total. The van der Waals surface area contributed by atoms with Gasteiger partial charge in [-0.25, -0.2) is 4.79 Å². The Morgan fingerprint density at radius 3 is 2.67 bits per heavy atom. The van der Waals surface area contributed by atoms with E-state index in [0.29, 0.717) is 24.5 Å². The first-order valence-electron chi connectivity index (χ1n) is 5.83. The SMILES string of the molecule is CCC(Oc1cc(CNC)ccc1OC)C(=O)O. The molecule has 1 unspecified atom stereocenters. The van der Waals surface area contributed by atoms with Crippen LogP contribution in [0.15, 0.2) is 18.2 Å². The maximum Gasteiger partial charge on any atom is 0.344 e. The zero-order chi connectivity index (χ0) is 13.5. The third-order valence-corrected chi connectivity index (χ3v) is 2.52. The van der Waals surface area contributed by atoms with E-state index in [2.05, 4.69) is 5.32 Å². The van der Waals surface area contributed by atoms with E-state index in [1.54, 1.807) is 19.1 Å². The summed E-state index contributed by atoms with van der Waals surface area (Å²) in [7, 11) is 3.37. The second-order valence-corrected chi connectivity index (χ2v) is 3.87. The number of rotatable bonds is 7. The fourth-order valence-electron chi connectivity index (χ4n) is 1.59. The quantitative estimate of drug-likeness (QED) is 0.773. The smallest absolute Gasteiger partial charge is 0.344 e. The molecule has 0 amide bonds. The lowest BCUT2D eigenvalue weighted by Crippen LogP contribution is -2.26. The molecule has 1 atom stereocenters. The number of hydrogen-bond acceptors (Lipinski definition) is 4. The number of methoxy groups -OCH3 is 1. The third kappa shape index (κ3) is 3.63. The van der Waals surface area contributed by atoms with Crippen molar-refractivity contribution in [1.29, 1.82) is 0 Å². The van der Waals surface area contributed by atoms with E-state index in [1.165, 1.54) is 7.11 Å². The van der Waals surface area contributed by atoms with Gasteiger partial charge in [-0.05, 0) is 31.2 Å². The number of hydrogen-bond donors (Lipinski definition) is 2. The largest absolute Gasteiger partial charge is 0.493 e. The number of carboxylic acids is 1. The molecule has 1 aromatic rings. The van der Waals surface area contributed by atoms with Crippen LogP contribution in [0.5, 0.6) is 11.5 Å². The Morgan fingerprint density at radius 1 is 1.44 bits per heavy atom. The highest BCUT2D eigenvalue weighted by molar-refractivity contribution is 5.72. The predicted molar refractivity (Wildman–Crippen MR) is 68.1 cm³/mol. The van der Waals surface area contributed by atoms with Gasteiger partial charge in [0.2, 0.25) is 0 Å². The van der Waals surface area contributed by atoms with Gasteiger partial charge in [-0.3, -0.25) is 0 Å². The summed E-state index contributed by atoms with van der Waals surface area (Å²) in [5, 5.41) is 12.0. The molecule has 0 aliphatic heterocycles. The van der Waals surface area contributed by atoms with Crippen molar-refractivity contribution >= 4 is 5.97 Å². The molecule has 0 saturated heterocycles. The van der Waals surface area contributed by atoms with Crippen LogP contribution in [-0.2, 0) is 11.3 Å². The highest BCUT2D eigenvalue weighted by Crippen LogP contribution is 2.29. The first kappa shape index (κ1) is 14.3. The summed E-state index contributed by atoms with van der Waals surface area (Å²) in [6, 6.07) is 5.47. The van der Waals surface area contributed by atoms with Gasteiger partial charge < -0.3 is 19.9 Å². The van der Waals surface area contributed by atoms with Crippen LogP contribution in [0, 0.1) is 0 Å². The molecule has 1 aromatic carbocycles. The number of benzene rings is 1. The van der Waals surface area contributed by atoms with Gasteiger partial charge in [-0.2, -0.15) is 0 Å². The van der Waals surface area contributed by atoms with Crippen molar-refractivity contribution in [1.82, 2.24) is 5.32 Å². The minimum Gasteiger partial charge on any atom is -0.493 e. The van der Waals surface area contributed by atoms with E-state index in [9.17, 15) is 4.79 Å². The number of carboxylic acid groups (broad SMARTS) is 1. The van der Waals surface area contributed by atoms with Crippen LogP contribution in [0.25, 0.3) is 0 Å². The van der Waals surface area contributed by atoms with Gasteiger partial charge in [0.25, 0.3) is 0 Å². The van der Waals surface area contributed by atoms with Crippen molar-refractivity contribution < 1.29 is 19.4 Å². The molecule has 0 spiro atoms. The Kier molecular flexibility index (Phi) is 5.45. The summed E-state index contributed by atoms with van der Waals surface area (Å²) in [6.45, 7) is 2.45. The molecule has 100 valence electrons. The molecule has 1 rings (SSSR count). The Hall–Kier alpha value is -1.75. The average Bonchev–Trinajstić information content (AvgIpc) is 2.36. The van der Waals surface area contributed by atoms with E-state index in [-0.39, 0.29) is 0 Å². The lowest BCUT2D eigenvalue weighted by molar-refractivity contribution is -0.145. The van der Waals surface area contributed by atoms with Crippen molar-refractivity contribution in [2.45, 2.75) is 26.0 Å². The van der Waals surface area contributed by atoms with E-state index in [1.807, 2.05) is 13.1 Å². The molecule has 5 nitrogen and oxygen atoms in total. The molecule has 5 heteroatoms. The van der Waals surface area contributed by atoms with Crippen molar-refractivity contribution in [2.24, 2.45) is 0 Å². The molecule has 0 heterocycles. The van der Waals surface area contributed by atoms with Crippen LogP contribution in [0.3, 0.4) is 0 Å². The number of nitrogens with one attached hydrogen (secondary N) is 1. The molecule has 0 fully saturated rings. The standard InChI is InChI=1S/C13H19NO4/c1-4-10(13(15)16)18-12-7-9(8-14-2)5-6-11(12)17-3/h5-7,10,14H,4,8H2,1-3H3,(H,15,16). The average molecular weight is 253 g/mol. The third-order valence-electron chi connectivity index (χ3n) is 2.52. The zero-order valence-electron chi connectivity index (χ0n) is 10.9. The lowest BCUT2D eigenvalue weighted by atomic mass is 10.2. The van der Waals surface area contributed by atoms with Gasteiger partial charge in [-0.1, -0.05) is 13.0 Å². The van der Waals surface area contributed by atoms with Crippen molar-refractivity contribution in [3.8, 4) is 11.5 Å². The summed E-state index contributed by atoms with van der Waals surface area (Å²) in [5.41, 5.74) is 1.01. The number of aliphatic carboxylic acids is 1. The summed E-state index contributed by atoms with van der Waals surface area (Å²) >= 11 is 0. The monoisotopic (exact) mass is 253 g/mol. The predicted octanol–water partition coefficient (Wildman–Crippen LogP) is 1.66. The van der Waals surface area contributed by atoms with Gasteiger partial charge in [0.05, 0.1) is 7.11 Å². The van der Waals surface area contributed by atoms with E-state index >= 15 is 0 Å². The Balaban J connectivity index is 2.96. The van der Waals surface area contributed by atoms with Gasteiger partial charge in [0.15, 0.2) is 17.6 Å². The highest BCUT2D eigenvalue weighted by Gasteiger charge is 2.19. The van der Waals surface area contributed by atoms with Crippen LogP contribution < -0.4 is 14.8 Å². The van der Waals surface area contributed by atoms with Crippen LogP contribution in [0.1, 0.15) is 18.9 Å². The normalized spacial score (nSPS) is 11.9. The summed E-state index contributed by atoms with van der Waals surface area (Å²) in [4.78, 5) is 11.0. The van der Waals surface area contributed by atoms with Crippen LogP contribution in [0.2, 0.25) is 0 Å². The molecule has 0 aliphatic rings. The molecule has 0 radical (unpaired) electrons. The summed E-state index contributed by atoms with van der Waals surface area (Å²) < 4.78 is 10.6. The Bertz CT molecular complexity index is 406.